The van der Waals surface area contributed by atoms with Crippen LogP contribution in [0.3, 0.4) is 0 Å². The van der Waals surface area contributed by atoms with Gasteiger partial charge in [-0.05, 0) is 48.7 Å². The van der Waals surface area contributed by atoms with Gasteiger partial charge in [-0.15, -0.1) is 0 Å². The van der Waals surface area contributed by atoms with Crippen molar-refractivity contribution in [2.45, 2.75) is 4.90 Å². The van der Waals surface area contributed by atoms with Crippen molar-refractivity contribution in [3.63, 3.8) is 0 Å². The van der Waals surface area contributed by atoms with Gasteiger partial charge in [0.15, 0.2) is 11.4 Å². The molecule has 0 radical (unpaired) electrons. The summed E-state index contributed by atoms with van der Waals surface area (Å²) in [5, 5.41) is 11.5. The second kappa shape index (κ2) is 8.41. The zero-order chi connectivity index (χ0) is 18.3. The number of nitriles is 1. The van der Waals surface area contributed by atoms with E-state index in [1.54, 1.807) is 48.8 Å². The molecule has 0 atom stereocenters. The summed E-state index contributed by atoms with van der Waals surface area (Å²) in [6.07, 6.45) is 3.54. The molecule has 0 saturated heterocycles. The highest BCUT2D eigenvalue weighted by atomic mass is 32.2. The number of methoxy groups -OCH3 is 1. The summed E-state index contributed by atoms with van der Waals surface area (Å²) in [7, 11) is -2.23. The van der Waals surface area contributed by atoms with E-state index in [2.05, 4.69) is 15.0 Å². The molecule has 130 valence electrons. The molecular weight excluding hydrogens is 360 g/mol. The van der Waals surface area contributed by atoms with Crippen LogP contribution in [0.2, 0.25) is 0 Å². The predicted molar refractivity (Wildman–Crippen MR) is 99.6 cm³/mol. The molecule has 0 aliphatic carbocycles. The Kier molecular flexibility index (Phi) is 6.27. The Morgan fingerprint density at radius 2 is 1.96 bits per heavy atom. The largest absolute Gasteiger partial charge is 0.497 e. The molecule has 0 aliphatic rings. The van der Waals surface area contributed by atoms with Crippen molar-refractivity contribution in [3.8, 4) is 11.9 Å². The first-order valence-corrected chi connectivity index (χ1v) is 9.74. The fourth-order valence-electron chi connectivity index (χ4n) is 1.88. The third kappa shape index (κ3) is 5.14. The highest BCUT2D eigenvalue weighted by molar-refractivity contribution is 8.13. The molecular formula is C16H16N4O3S2. The Balaban J connectivity index is 2.27. The average molecular weight is 376 g/mol. The van der Waals surface area contributed by atoms with Crippen LogP contribution in [0.1, 0.15) is 0 Å². The van der Waals surface area contributed by atoms with E-state index in [0.717, 1.165) is 0 Å². The van der Waals surface area contributed by atoms with Gasteiger partial charge in [0.25, 0.3) is 10.0 Å². The SMILES string of the molecule is COc1ccc(NS(=O)(=O)c2cccc(N=C(NC#N)SC)c2)cc1. The molecule has 0 spiro atoms. The summed E-state index contributed by atoms with van der Waals surface area (Å²) < 4.78 is 32.6. The van der Waals surface area contributed by atoms with Crippen molar-refractivity contribution >= 4 is 38.3 Å². The topological polar surface area (TPSA) is 104 Å². The first-order chi connectivity index (χ1) is 12.0. The number of nitrogens with zero attached hydrogens (tertiary/aromatic N) is 2. The van der Waals surface area contributed by atoms with Gasteiger partial charge in [0.05, 0.1) is 17.7 Å². The predicted octanol–water partition coefficient (Wildman–Crippen LogP) is 2.92. The molecule has 2 rings (SSSR count). The zero-order valence-corrected chi connectivity index (χ0v) is 15.2. The number of aliphatic imine (C=N–C) groups is 1. The molecule has 2 aromatic rings. The van der Waals surface area contributed by atoms with E-state index in [4.69, 9.17) is 10.00 Å². The number of hydrogen-bond acceptors (Lipinski definition) is 6. The molecule has 0 aromatic heterocycles. The Labute approximate surface area is 150 Å². The minimum Gasteiger partial charge on any atom is -0.497 e. The first-order valence-electron chi connectivity index (χ1n) is 7.03. The molecule has 0 saturated carbocycles. The van der Waals surface area contributed by atoms with E-state index in [0.29, 0.717) is 22.3 Å². The smallest absolute Gasteiger partial charge is 0.261 e. The summed E-state index contributed by atoms with van der Waals surface area (Å²) in [6, 6.07) is 12.7. The van der Waals surface area contributed by atoms with Gasteiger partial charge in [0.2, 0.25) is 0 Å². The molecule has 0 bridgehead atoms. The first kappa shape index (κ1) is 18.6. The van der Waals surface area contributed by atoms with E-state index in [1.807, 2.05) is 0 Å². The Bertz CT molecular complexity index is 904. The number of nitrogens with one attached hydrogen (secondary N) is 2. The third-order valence-corrected chi connectivity index (χ3v) is 5.02. The summed E-state index contributed by atoms with van der Waals surface area (Å²) in [6.45, 7) is 0. The average Bonchev–Trinajstić information content (AvgIpc) is 2.62. The van der Waals surface area contributed by atoms with Gasteiger partial charge >= 0.3 is 0 Å². The highest BCUT2D eigenvalue weighted by Crippen LogP contribution is 2.23. The summed E-state index contributed by atoms with van der Waals surface area (Å²) in [5.74, 6) is 0.633. The number of sulfonamides is 1. The number of hydrogen-bond donors (Lipinski definition) is 2. The van der Waals surface area contributed by atoms with Gasteiger partial charge in [-0.1, -0.05) is 17.8 Å². The zero-order valence-electron chi connectivity index (χ0n) is 13.6. The standard InChI is InChI=1S/C16H16N4O3S2/c1-23-14-8-6-12(7-9-14)20-25(21,22)15-5-3-4-13(10-15)19-16(24-2)18-11-17/h3-10,20H,1-2H3,(H,18,19). The number of rotatable bonds is 5. The van der Waals surface area contributed by atoms with Crippen LogP contribution >= 0.6 is 11.8 Å². The van der Waals surface area contributed by atoms with Crippen molar-refractivity contribution in [1.82, 2.24) is 5.32 Å². The molecule has 0 aliphatic heterocycles. The summed E-state index contributed by atoms with van der Waals surface area (Å²) >= 11 is 1.25. The second-order valence-electron chi connectivity index (χ2n) is 4.69. The number of thioether (sulfide) groups is 1. The quantitative estimate of drug-likeness (QED) is 0.360. The van der Waals surface area contributed by atoms with E-state index < -0.39 is 10.0 Å². The minimum absolute atomic E-state index is 0.0713. The van der Waals surface area contributed by atoms with Gasteiger partial charge in [-0.3, -0.25) is 10.0 Å². The molecule has 0 heterocycles. The van der Waals surface area contributed by atoms with E-state index >= 15 is 0 Å². The van der Waals surface area contributed by atoms with Crippen LogP contribution in [0.4, 0.5) is 11.4 Å². The van der Waals surface area contributed by atoms with Crippen molar-refractivity contribution < 1.29 is 13.2 Å². The number of ether oxygens (including phenoxy) is 1. The maximum Gasteiger partial charge on any atom is 0.261 e. The van der Waals surface area contributed by atoms with Gasteiger partial charge < -0.3 is 4.74 Å². The van der Waals surface area contributed by atoms with Crippen LogP contribution in [0, 0.1) is 11.5 Å². The lowest BCUT2D eigenvalue weighted by molar-refractivity contribution is 0.415. The fraction of sp³-hybridized carbons (Fsp3) is 0.125. The lowest BCUT2D eigenvalue weighted by Gasteiger charge is -2.09. The van der Waals surface area contributed by atoms with Crippen LogP contribution < -0.4 is 14.8 Å². The van der Waals surface area contributed by atoms with Crippen LogP contribution in [0.5, 0.6) is 5.75 Å². The number of amidine groups is 1. The van der Waals surface area contributed by atoms with Crippen molar-refractivity contribution in [1.29, 1.82) is 5.26 Å². The molecule has 7 nitrogen and oxygen atoms in total. The highest BCUT2D eigenvalue weighted by Gasteiger charge is 2.15. The van der Waals surface area contributed by atoms with E-state index in [9.17, 15) is 8.42 Å². The second-order valence-corrected chi connectivity index (χ2v) is 7.17. The van der Waals surface area contributed by atoms with Crippen molar-refractivity contribution in [2.24, 2.45) is 4.99 Å². The Morgan fingerprint density at radius 1 is 1.24 bits per heavy atom. The molecule has 2 aromatic carbocycles. The Morgan fingerprint density at radius 3 is 2.56 bits per heavy atom. The Hall–Kier alpha value is -2.70. The molecule has 9 heteroatoms. The van der Waals surface area contributed by atoms with E-state index in [1.165, 1.54) is 31.0 Å². The van der Waals surface area contributed by atoms with Crippen LogP contribution in [-0.2, 0) is 10.0 Å². The molecule has 0 unspecified atom stereocenters. The number of benzene rings is 2. The lowest BCUT2D eigenvalue weighted by atomic mass is 10.3. The molecule has 2 N–H and O–H groups in total. The lowest BCUT2D eigenvalue weighted by Crippen LogP contribution is -2.13. The van der Waals surface area contributed by atoms with Crippen LogP contribution in [0.25, 0.3) is 0 Å². The third-order valence-electron chi connectivity index (χ3n) is 3.06. The minimum atomic E-state index is -3.76. The van der Waals surface area contributed by atoms with Crippen LogP contribution in [-0.4, -0.2) is 27.0 Å². The van der Waals surface area contributed by atoms with Crippen molar-refractivity contribution in [2.75, 3.05) is 18.1 Å². The fourth-order valence-corrected chi connectivity index (χ4v) is 3.33. The summed E-state index contributed by atoms with van der Waals surface area (Å²) in [4.78, 5) is 4.28. The van der Waals surface area contributed by atoms with E-state index in [-0.39, 0.29) is 4.90 Å². The van der Waals surface area contributed by atoms with Gasteiger partial charge in [-0.25, -0.2) is 13.4 Å². The van der Waals surface area contributed by atoms with Crippen LogP contribution in [0.15, 0.2) is 58.4 Å². The number of anilines is 1. The van der Waals surface area contributed by atoms with Gasteiger partial charge in [-0.2, -0.15) is 5.26 Å². The monoisotopic (exact) mass is 376 g/mol. The summed E-state index contributed by atoms with van der Waals surface area (Å²) in [5.41, 5.74) is 0.843. The van der Waals surface area contributed by atoms with Crippen molar-refractivity contribution in [3.05, 3.63) is 48.5 Å². The van der Waals surface area contributed by atoms with Gasteiger partial charge in [0, 0.05) is 5.69 Å². The maximum absolute atomic E-state index is 12.5. The molecule has 25 heavy (non-hydrogen) atoms. The molecule has 0 amide bonds. The molecule has 0 fully saturated rings. The van der Waals surface area contributed by atoms with Gasteiger partial charge in [0.1, 0.15) is 5.75 Å². The normalized spacial score (nSPS) is 11.5. The maximum atomic E-state index is 12.5.